The fraction of sp³-hybridized carbons (Fsp3) is 0.538. The lowest BCUT2D eigenvalue weighted by molar-refractivity contribution is 0.180. The highest BCUT2D eigenvalue weighted by Gasteiger charge is 2.18. The summed E-state index contributed by atoms with van der Waals surface area (Å²) in [5.74, 6) is 0.695. The smallest absolute Gasteiger partial charge is 0.0637 e. The second-order valence-corrected chi connectivity index (χ2v) is 5.45. The van der Waals surface area contributed by atoms with Crippen LogP contribution in [0.15, 0.2) is 18.2 Å². The summed E-state index contributed by atoms with van der Waals surface area (Å²) in [6, 6.07) is 5.83. The molecule has 94 valence electrons. The normalized spacial score (nSPS) is 18.5. The first-order valence-corrected chi connectivity index (χ1v) is 6.81. The maximum atomic E-state index is 6.19. The Hall–Kier alpha value is -0.280. The first-order chi connectivity index (χ1) is 8.20. The Morgan fingerprint density at radius 1 is 1.24 bits per heavy atom. The second kappa shape index (κ2) is 6.05. The van der Waals surface area contributed by atoms with Crippen molar-refractivity contribution in [1.29, 1.82) is 0 Å². The van der Waals surface area contributed by atoms with Crippen LogP contribution in [-0.4, -0.2) is 24.5 Å². The van der Waals surface area contributed by atoms with E-state index in [9.17, 15) is 0 Å². The number of nitrogens with two attached hydrogens (primary N) is 1. The van der Waals surface area contributed by atoms with Crippen LogP contribution in [-0.2, 0) is 6.54 Å². The average Bonchev–Trinajstić information content (AvgIpc) is 2.36. The van der Waals surface area contributed by atoms with Crippen LogP contribution in [0, 0.1) is 5.92 Å². The topological polar surface area (TPSA) is 29.3 Å². The third-order valence-electron chi connectivity index (χ3n) is 3.47. The molecule has 2 nitrogen and oxygen atoms in total. The molecule has 0 bridgehead atoms. The van der Waals surface area contributed by atoms with E-state index in [0.717, 1.165) is 31.7 Å². The van der Waals surface area contributed by atoms with Crippen LogP contribution >= 0.6 is 23.2 Å². The maximum absolute atomic E-state index is 6.19. The van der Waals surface area contributed by atoms with Gasteiger partial charge >= 0.3 is 0 Å². The minimum atomic E-state index is 0.640. The van der Waals surface area contributed by atoms with Gasteiger partial charge in [0.25, 0.3) is 0 Å². The Labute approximate surface area is 113 Å². The van der Waals surface area contributed by atoms with Crippen LogP contribution in [0.5, 0.6) is 0 Å². The third kappa shape index (κ3) is 3.35. The van der Waals surface area contributed by atoms with Gasteiger partial charge in [-0.15, -0.1) is 0 Å². The van der Waals surface area contributed by atoms with E-state index in [1.54, 1.807) is 0 Å². The Morgan fingerprint density at radius 2 is 1.94 bits per heavy atom. The predicted octanol–water partition coefficient (Wildman–Crippen LogP) is 3.16. The van der Waals surface area contributed by atoms with Crippen molar-refractivity contribution in [2.45, 2.75) is 19.4 Å². The number of likely N-dealkylation sites (tertiary alicyclic amines) is 1. The van der Waals surface area contributed by atoms with E-state index in [1.165, 1.54) is 12.8 Å². The number of hydrogen-bond acceptors (Lipinski definition) is 2. The Bertz CT molecular complexity index is 374. The van der Waals surface area contributed by atoms with E-state index in [2.05, 4.69) is 4.90 Å². The highest BCUT2D eigenvalue weighted by atomic mass is 35.5. The van der Waals surface area contributed by atoms with E-state index >= 15 is 0 Å². The van der Waals surface area contributed by atoms with Gasteiger partial charge in [-0.1, -0.05) is 35.3 Å². The fourth-order valence-electron chi connectivity index (χ4n) is 2.29. The van der Waals surface area contributed by atoms with Crippen molar-refractivity contribution in [3.8, 4) is 0 Å². The van der Waals surface area contributed by atoms with Gasteiger partial charge in [0.05, 0.1) is 10.0 Å². The van der Waals surface area contributed by atoms with Crippen molar-refractivity contribution in [2.75, 3.05) is 19.6 Å². The number of hydrogen-bond donors (Lipinski definition) is 1. The number of piperidine rings is 1. The van der Waals surface area contributed by atoms with Crippen LogP contribution in [0.1, 0.15) is 18.4 Å². The van der Waals surface area contributed by atoms with Crippen molar-refractivity contribution in [2.24, 2.45) is 11.7 Å². The van der Waals surface area contributed by atoms with Crippen LogP contribution in [0.3, 0.4) is 0 Å². The quantitative estimate of drug-likeness (QED) is 0.916. The van der Waals surface area contributed by atoms with Gasteiger partial charge in [-0.3, -0.25) is 4.90 Å². The molecule has 1 heterocycles. The minimum absolute atomic E-state index is 0.640. The summed E-state index contributed by atoms with van der Waals surface area (Å²) in [5, 5.41) is 1.33. The van der Waals surface area contributed by atoms with E-state index in [1.807, 2.05) is 18.2 Å². The summed E-state index contributed by atoms with van der Waals surface area (Å²) in [7, 11) is 0. The van der Waals surface area contributed by atoms with Crippen LogP contribution in [0.2, 0.25) is 10.0 Å². The summed E-state index contributed by atoms with van der Waals surface area (Å²) in [4.78, 5) is 2.42. The van der Waals surface area contributed by atoms with Gasteiger partial charge in [0.15, 0.2) is 0 Å². The minimum Gasteiger partial charge on any atom is -0.330 e. The van der Waals surface area contributed by atoms with Crippen molar-refractivity contribution in [3.63, 3.8) is 0 Å². The van der Waals surface area contributed by atoms with Gasteiger partial charge in [-0.25, -0.2) is 0 Å². The number of rotatable bonds is 3. The van der Waals surface area contributed by atoms with E-state index in [0.29, 0.717) is 16.0 Å². The highest BCUT2D eigenvalue weighted by molar-refractivity contribution is 6.42. The molecular weight excluding hydrogens is 255 g/mol. The summed E-state index contributed by atoms with van der Waals surface area (Å²) < 4.78 is 0. The lowest BCUT2D eigenvalue weighted by Crippen LogP contribution is -2.35. The second-order valence-electron chi connectivity index (χ2n) is 4.67. The largest absolute Gasteiger partial charge is 0.330 e. The highest BCUT2D eigenvalue weighted by Crippen LogP contribution is 2.27. The molecule has 0 aliphatic carbocycles. The first kappa shape index (κ1) is 13.2. The molecule has 0 amide bonds. The van der Waals surface area contributed by atoms with Crippen LogP contribution in [0.4, 0.5) is 0 Å². The maximum Gasteiger partial charge on any atom is 0.0637 e. The molecule has 1 saturated heterocycles. The summed E-state index contributed by atoms with van der Waals surface area (Å²) in [6.07, 6.45) is 2.38. The molecule has 17 heavy (non-hydrogen) atoms. The Balaban J connectivity index is 1.95. The van der Waals surface area contributed by atoms with Gasteiger partial charge in [0.2, 0.25) is 0 Å². The lowest BCUT2D eigenvalue weighted by atomic mass is 9.97. The van der Waals surface area contributed by atoms with Gasteiger partial charge in [-0.2, -0.15) is 0 Å². The molecule has 0 atom stereocenters. The SMILES string of the molecule is NCC1CCN(Cc2cccc(Cl)c2Cl)CC1. The zero-order valence-electron chi connectivity index (χ0n) is 9.83. The van der Waals surface area contributed by atoms with Gasteiger partial charge in [0.1, 0.15) is 0 Å². The molecule has 0 radical (unpaired) electrons. The molecule has 2 rings (SSSR count). The monoisotopic (exact) mass is 272 g/mol. The van der Waals surface area contributed by atoms with Crippen molar-refractivity contribution >= 4 is 23.2 Å². The van der Waals surface area contributed by atoms with Crippen LogP contribution in [0.25, 0.3) is 0 Å². The van der Waals surface area contributed by atoms with Crippen LogP contribution < -0.4 is 5.73 Å². The van der Waals surface area contributed by atoms with Gasteiger partial charge in [-0.05, 0) is 50.0 Å². The standard InChI is InChI=1S/C13H18Cl2N2/c14-12-3-1-2-11(13(12)15)9-17-6-4-10(8-16)5-7-17/h1-3,10H,4-9,16H2. The van der Waals surface area contributed by atoms with Crippen molar-refractivity contribution in [3.05, 3.63) is 33.8 Å². The molecule has 1 aliphatic rings. The molecule has 1 fully saturated rings. The Morgan fingerprint density at radius 3 is 2.59 bits per heavy atom. The van der Waals surface area contributed by atoms with Gasteiger partial charge in [0, 0.05) is 6.54 Å². The molecule has 0 saturated carbocycles. The first-order valence-electron chi connectivity index (χ1n) is 6.06. The van der Waals surface area contributed by atoms with E-state index < -0.39 is 0 Å². The molecule has 0 spiro atoms. The summed E-state index contributed by atoms with van der Waals surface area (Å²) in [5.41, 5.74) is 6.80. The molecule has 1 aromatic carbocycles. The average molecular weight is 273 g/mol. The number of halogens is 2. The summed E-state index contributed by atoms with van der Waals surface area (Å²) >= 11 is 12.2. The molecule has 1 aliphatic heterocycles. The molecular formula is C13H18Cl2N2. The zero-order valence-corrected chi connectivity index (χ0v) is 11.3. The van der Waals surface area contributed by atoms with Crippen molar-refractivity contribution < 1.29 is 0 Å². The fourth-order valence-corrected chi connectivity index (χ4v) is 2.67. The number of nitrogens with zero attached hydrogens (tertiary/aromatic N) is 1. The summed E-state index contributed by atoms with van der Waals surface area (Å²) in [6.45, 7) is 3.90. The molecule has 0 aromatic heterocycles. The predicted molar refractivity (Wildman–Crippen MR) is 73.5 cm³/mol. The lowest BCUT2D eigenvalue weighted by Gasteiger charge is -2.31. The third-order valence-corrected chi connectivity index (χ3v) is 4.32. The van der Waals surface area contributed by atoms with E-state index in [4.69, 9.17) is 28.9 Å². The Kier molecular flexibility index (Phi) is 4.69. The van der Waals surface area contributed by atoms with Crippen molar-refractivity contribution in [1.82, 2.24) is 4.90 Å². The molecule has 1 aromatic rings. The molecule has 4 heteroatoms. The molecule has 2 N–H and O–H groups in total. The molecule has 0 unspecified atom stereocenters. The van der Waals surface area contributed by atoms with E-state index in [-0.39, 0.29) is 0 Å². The number of benzene rings is 1. The van der Waals surface area contributed by atoms with Gasteiger partial charge < -0.3 is 5.73 Å². The zero-order chi connectivity index (χ0) is 12.3.